The maximum absolute atomic E-state index is 15.0. The van der Waals surface area contributed by atoms with Crippen LogP contribution in [0.15, 0.2) is 30.3 Å². The van der Waals surface area contributed by atoms with Crippen molar-refractivity contribution in [2.45, 2.75) is 50.6 Å². The minimum absolute atomic E-state index is 0.156. The number of carbonyl (C=O) groups is 1. The van der Waals surface area contributed by atoms with E-state index in [-0.39, 0.29) is 41.8 Å². The molecule has 1 N–H and O–H groups in total. The Morgan fingerprint density at radius 3 is 1.84 bits per heavy atom. The molecule has 0 aliphatic heterocycles. The molecule has 0 aliphatic carbocycles. The lowest BCUT2D eigenvalue weighted by Crippen LogP contribution is -2.59. The fourth-order valence-corrected chi connectivity index (χ4v) is 3.51. The summed E-state index contributed by atoms with van der Waals surface area (Å²) in [4.78, 5) is 22.9. The Kier molecular flexibility index (Phi) is 7.87. The zero-order valence-corrected chi connectivity index (χ0v) is 18.8. The molecule has 15 heteroatoms. The van der Waals surface area contributed by atoms with Crippen LogP contribution in [0.4, 0.5) is 50.9 Å². The van der Waals surface area contributed by atoms with E-state index in [1.807, 2.05) is 0 Å². The molecule has 2 rings (SSSR count). The fourth-order valence-electron chi connectivity index (χ4n) is 3.51. The molecular weight excluding hydrogens is 525 g/mol. The first-order chi connectivity index (χ1) is 16.9. The Morgan fingerprint density at radius 2 is 1.46 bits per heavy atom. The van der Waals surface area contributed by atoms with Gasteiger partial charge in [0.1, 0.15) is 11.6 Å². The highest BCUT2D eigenvalue weighted by molar-refractivity contribution is 6.05. The van der Waals surface area contributed by atoms with Gasteiger partial charge >= 0.3 is 23.9 Å². The van der Waals surface area contributed by atoms with Crippen molar-refractivity contribution in [3.63, 3.8) is 0 Å². The molecule has 1 atom stereocenters. The summed E-state index contributed by atoms with van der Waals surface area (Å²) in [6, 6.07) is 4.57. The van der Waals surface area contributed by atoms with Gasteiger partial charge in [-0.1, -0.05) is 13.8 Å². The lowest BCUT2D eigenvalue weighted by Gasteiger charge is -2.36. The van der Waals surface area contributed by atoms with Crippen molar-refractivity contribution >= 4 is 17.3 Å². The molecule has 0 aliphatic rings. The second kappa shape index (κ2) is 9.91. The van der Waals surface area contributed by atoms with Gasteiger partial charge in [-0.2, -0.15) is 40.4 Å². The highest BCUT2D eigenvalue weighted by atomic mass is 19.4. The van der Waals surface area contributed by atoms with E-state index in [0.717, 1.165) is 18.2 Å². The van der Waals surface area contributed by atoms with Crippen LogP contribution < -0.4 is 5.32 Å². The van der Waals surface area contributed by atoms with E-state index in [4.69, 9.17) is 5.26 Å². The Labute approximate surface area is 202 Å². The van der Waals surface area contributed by atoms with E-state index in [1.165, 1.54) is 13.8 Å². The summed E-state index contributed by atoms with van der Waals surface area (Å²) < 4.78 is 122. The molecule has 6 nitrogen and oxygen atoms in total. The number of amides is 1. The number of benzene rings is 2. The number of carbonyl (C=O) groups excluding carboxylic acids is 1. The number of nitrogens with zero attached hydrogens (tertiary/aromatic N) is 2. The van der Waals surface area contributed by atoms with Gasteiger partial charge in [0.15, 0.2) is 0 Å². The lowest BCUT2D eigenvalue weighted by molar-refractivity contribution is -0.389. The highest BCUT2D eigenvalue weighted by Crippen LogP contribution is 2.58. The second-order valence-electron chi connectivity index (χ2n) is 7.66. The van der Waals surface area contributed by atoms with Crippen LogP contribution in [0.5, 0.6) is 0 Å². The molecular formula is C22H16F9N3O3. The van der Waals surface area contributed by atoms with E-state index < -0.39 is 57.2 Å². The van der Waals surface area contributed by atoms with Crippen LogP contribution in [-0.2, 0) is 18.5 Å². The van der Waals surface area contributed by atoms with Crippen molar-refractivity contribution in [3.05, 3.63) is 68.3 Å². The molecule has 1 amide bonds. The van der Waals surface area contributed by atoms with Crippen molar-refractivity contribution in [2.24, 2.45) is 0 Å². The van der Waals surface area contributed by atoms with Crippen LogP contribution in [0.25, 0.3) is 0 Å². The normalized spacial score (nSPS) is 14.0. The van der Waals surface area contributed by atoms with Crippen LogP contribution in [0.3, 0.4) is 0 Å². The van der Waals surface area contributed by atoms with Crippen molar-refractivity contribution < 1.29 is 49.2 Å². The van der Waals surface area contributed by atoms with Gasteiger partial charge in [-0.05, 0) is 48.2 Å². The maximum Gasteiger partial charge on any atom is 0.457 e. The molecule has 0 fully saturated rings. The number of nitrogens with one attached hydrogen (secondary N) is 1. The van der Waals surface area contributed by atoms with E-state index in [2.05, 4.69) is 5.32 Å². The number of alkyl halides is 9. The Bertz CT molecular complexity index is 1240. The average Bonchev–Trinajstić information content (AvgIpc) is 2.81. The minimum atomic E-state index is -6.90. The SMILES string of the molecule is CCc1cc(C(F)(C(F)(F)F)C(F)(F)C(F)(F)F)cc(CC)c1NC(=O)c1ccc(C#N)c([N+](=O)[O-])c1. The first-order valence-electron chi connectivity index (χ1n) is 10.2. The summed E-state index contributed by atoms with van der Waals surface area (Å²) in [5.41, 5.74) is -10.8. The molecule has 0 heterocycles. The molecule has 0 aromatic heterocycles. The van der Waals surface area contributed by atoms with E-state index in [9.17, 15) is 50.0 Å². The number of nitro groups is 1. The van der Waals surface area contributed by atoms with Gasteiger partial charge in [0.05, 0.1) is 4.92 Å². The molecule has 0 radical (unpaired) electrons. The Balaban J connectivity index is 2.71. The van der Waals surface area contributed by atoms with Crippen LogP contribution in [-0.4, -0.2) is 29.1 Å². The number of rotatable bonds is 7. The first-order valence-corrected chi connectivity index (χ1v) is 10.2. The highest BCUT2D eigenvalue weighted by Gasteiger charge is 2.81. The van der Waals surface area contributed by atoms with Crippen LogP contribution in [0.2, 0.25) is 0 Å². The standard InChI is InChI=1S/C22H16F9N3O3/c1-3-11-7-15(19(23,21(26,27)28)20(24,25)22(29,30)31)8-12(4-2)17(11)33-18(35)13-5-6-14(10-32)16(9-13)34(36)37/h5-9H,3-4H2,1-2H3,(H,33,35). The predicted molar refractivity (Wildman–Crippen MR) is 111 cm³/mol. The molecule has 0 saturated carbocycles. The Hall–Kier alpha value is -3.83. The van der Waals surface area contributed by atoms with E-state index >= 15 is 4.39 Å². The topological polar surface area (TPSA) is 96.0 Å². The summed E-state index contributed by atoms with van der Waals surface area (Å²) in [6.07, 6.45) is -14.3. The largest absolute Gasteiger partial charge is 0.457 e. The molecule has 2 aromatic rings. The summed E-state index contributed by atoms with van der Waals surface area (Å²) >= 11 is 0. The lowest BCUT2D eigenvalue weighted by atomic mass is 9.84. The van der Waals surface area contributed by atoms with Crippen molar-refractivity contribution in [3.8, 4) is 6.07 Å². The molecule has 0 spiro atoms. The van der Waals surface area contributed by atoms with Gasteiger partial charge in [0.25, 0.3) is 11.6 Å². The number of nitriles is 1. The molecule has 0 saturated heterocycles. The third-order valence-corrected chi connectivity index (χ3v) is 5.46. The van der Waals surface area contributed by atoms with Gasteiger partial charge in [-0.25, -0.2) is 4.39 Å². The quantitative estimate of drug-likeness (QED) is 0.238. The number of aryl methyl sites for hydroxylation is 2. The third-order valence-electron chi connectivity index (χ3n) is 5.46. The van der Waals surface area contributed by atoms with E-state index in [1.54, 1.807) is 6.07 Å². The van der Waals surface area contributed by atoms with Crippen molar-refractivity contribution in [2.75, 3.05) is 5.32 Å². The zero-order chi connectivity index (χ0) is 28.6. The summed E-state index contributed by atoms with van der Waals surface area (Å²) in [6.45, 7) is 2.52. The van der Waals surface area contributed by atoms with Crippen LogP contribution in [0.1, 0.15) is 46.5 Å². The van der Waals surface area contributed by atoms with Crippen LogP contribution in [0, 0.1) is 21.4 Å². The second-order valence-corrected chi connectivity index (χ2v) is 7.66. The average molecular weight is 541 g/mol. The first kappa shape index (κ1) is 29.4. The number of hydrogen-bond donors (Lipinski definition) is 1. The van der Waals surface area contributed by atoms with Crippen molar-refractivity contribution in [1.82, 2.24) is 0 Å². The molecule has 2 aromatic carbocycles. The smallest absolute Gasteiger partial charge is 0.321 e. The molecule has 1 unspecified atom stereocenters. The fraction of sp³-hybridized carbons (Fsp3) is 0.364. The molecule has 200 valence electrons. The van der Waals surface area contributed by atoms with Crippen molar-refractivity contribution in [1.29, 1.82) is 5.26 Å². The minimum Gasteiger partial charge on any atom is -0.321 e. The Morgan fingerprint density at radius 1 is 0.946 bits per heavy atom. The van der Waals surface area contributed by atoms with Gasteiger partial charge in [-0.3, -0.25) is 14.9 Å². The summed E-state index contributed by atoms with van der Waals surface area (Å²) in [5.74, 6) is -7.94. The van der Waals surface area contributed by atoms with Gasteiger partial charge in [0, 0.05) is 22.9 Å². The number of nitro benzene ring substituents is 1. The summed E-state index contributed by atoms with van der Waals surface area (Å²) in [7, 11) is 0. The van der Waals surface area contributed by atoms with Gasteiger partial charge < -0.3 is 5.32 Å². The summed E-state index contributed by atoms with van der Waals surface area (Å²) in [5, 5.41) is 22.3. The number of halogens is 9. The third kappa shape index (κ3) is 5.05. The zero-order valence-electron chi connectivity index (χ0n) is 18.8. The maximum atomic E-state index is 15.0. The predicted octanol–water partition coefficient (Wildman–Crippen LogP) is 6.77. The van der Waals surface area contributed by atoms with Crippen LogP contribution >= 0.6 is 0 Å². The van der Waals surface area contributed by atoms with E-state index in [0.29, 0.717) is 0 Å². The molecule has 37 heavy (non-hydrogen) atoms. The van der Waals surface area contributed by atoms with Gasteiger partial charge in [0.2, 0.25) is 0 Å². The molecule has 0 bridgehead atoms. The number of anilines is 1. The van der Waals surface area contributed by atoms with Gasteiger partial charge in [-0.15, -0.1) is 0 Å². The number of hydrogen-bond acceptors (Lipinski definition) is 4. The monoisotopic (exact) mass is 541 g/mol.